The molecular formula is C20H23FN4OS. The van der Waals surface area contributed by atoms with E-state index in [1.807, 2.05) is 24.3 Å². The van der Waals surface area contributed by atoms with E-state index < -0.39 is 0 Å². The lowest BCUT2D eigenvalue weighted by atomic mass is 10.0. The molecule has 1 aromatic carbocycles. The number of furan rings is 1. The fourth-order valence-corrected chi connectivity index (χ4v) is 4.37. The molecule has 0 aliphatic carbocycles. The number of piperidine rings is 1. The van der Waals surface area contributed by atoms with E-state index in [4.69, 9.17) is 4.42 Å². The van der Waals surface area contributed by atoms with Gasteiger partial charge in [0, 0.05) is 18.8 Å². The van der Waals surface area contributed by atoms with Crippen LogP contribution < -0.4 is 4.90 Å². The van der Waals surface area contributed by atoms with Gasteiger partial charge in [0.2, 0.25) is 5.95 Å². The summed E-state index contributed by atoms with van der Waals surface area (Å²) in [5, 5.41) is 9.66. The molecule has 142 valence electrons. The molecule has 0 spiro atoms. The Morgan fingerprint density at radius 3 is 2.89 bits per heavy atom. The monoisotopic (exact) mass is 386 g/mol. The highest BCUT2D eigenvalue weighted by atomic mass is 32.2. The van der Waals surface area contributed by atoms with Gasteiger partial charge in [0.15, 0.2) is 5.16 Å². The highest BCUT2D eigenvalue weighted by Gasteiger charge is 2.24. The molecular weight excluding hydrogens is 363 g/mol. The third kappa shape index (κ3) is 4.18. The Kier molecular flexibility index (Phi) is 5.48. The fourth-order valence-electron chi connectivity index (χ4n) is 3.45. The van der Waals surface area contributed by atoms with Gasteiger partial charge < -0.3 is 9.32 Å². The molecule has 2 aromatic heterocycles. The first kappa shape index (κ1) is 18.1. The number of thioether (sulfide) groups is 1. The molecule has 1 unspecified atom stereocenters. The molecule has 1 atom stereocenters. The Balaban J connectivity index is 1.59. The van der Waals surface area contributed by atoms with Crippen molar-refractivity contribution in [3.63, 3.8) is 0 Å². The summed E-state index contributed by atoms with van der Waals surface area (Å²) in [6.45, 7) is 4.81. The normalized spacial score (nSPS) is 17.4. The van der Waals surface area contributed by atoms with Crippen molar-refractivity contribution in [2.24, 2.45) is 5.92 Å². The zero-order valence-electron chi connectivity index (χ0n) is 15.3. The lowest BCUT2D eigenvalue weighted by molar-refractivity contribution is 0.432. The first-order valence-corrected chi connectivity index (χ1v) is 10.3. The number of hydrogen-bond acceptors (Lipinski definition) is 5. The number of anilines is 1. The maximum Gasteiger partial charge on any atom is 0.228 e. The lowest BCUT2D eigenvalue weighted by Gasteiger charge is -2.31. The van der Waals surface area contributed by atoms with Crippen LogP contribution in [0.1, 0.15) is 31.1 Å². The van der Waals surface area contributed by atoms with Crippen molar-refractivity contribution in [2.45, 2.75) is 37.2 Å². The van der Waals surface area contributed by atoms with E-state index in [0.29, 0.717) is 23.8 Å². The predicted octanol–water partition coefficient (Wildman–Crippen LogP) is 4.59. The first-order chi connectivity index (χ1) is 13.2. The van der Waals surface area contributed by atoms with Gasteiger partial charge in [-0.05, 0) is 42.5 Å². The van der Waals surface area contributed by atoms with Crippen LogP contribution in [-0.4, -0.2) is 27.9 Å². The van der Waals surface area contributed by atoms with Crippen LogP contribution in [0, 0.1) is 11.7 Å². The molecule has 4 rings (SSSR count). The third-order valence-corrected chi connectivity index (χ3v) is 5.86. The number of aromatic nitrogens is 3. The third-order valence-electron chi connectivity index (χ3n) is 4.85. The van der Waals surface area contributed by atoms with E-state index in [9.17, 15) is 4.39 Å². The zero-order chi connectivity index (χ0) is 18.6. The topological polar surface area (TPSA) is 47.1 Å². The minimum Gasteiger partial charge on any atom is -0.467 e. The summed E-state index contributed by atoms with van der Waals surface area (Å²) in [6, 6.07) is 10.7. The second kappa shape index (κ2) is 8.17. The van der Waals surface area contributed by atoms with E-state index >= 15 is 0 Å². The maximum absolute atomic E-state index is 14.0. The highest BCUT2D eigenvalue weighted by Crippen LogP contribution is 2.29. The van der Waals surface area contributed by atoms with Gasteiger partial charge in [0.25, 0.3) is 0 Å². The number of nitrogens with zero attached hydrogens (tertiary/aromatic N) is 4. The van der Waals surface area contributed by atoms with E-state index in [-0.39, 0.29) is 5.82 Å². The first-order valence-electron chi connectivity index (χ1n) is 9.27. The molecule has 1 saturated heterocycles. The van der Waals surface area contributed by atoms with Crippen molar-refractivity contribution >= 4 is 17.7 Å². The van der Waals surface area contributed by atoms with Crippen LogP contribution in [-0.2, 0) is 12.3 Å². The fraction of sp³-hybridized carbons (Fsp3) is 0.400. The largest absolute Gasteiger partial charge is 0.467 e. The average Bonchev–Trinajstić information content (AvgIpc) is 3.32. The summed E-state index contributed by atoms with van der Waals surface area (Å²) in [6.07, 6.45) is 4.08. The quantitative estimate of drug-likeness (QED) is 0.580. The van der Waals surface area contributed by atoms with Crippen molar-refractivity contribution in [1.82, 2.24) is 14.8 Å². The Morgan fingerprint density at radius 1 is 1.22 bits per heavy atom. The molecule has 0 radical (unpaired) electrons. The molecule has 0 amide bonds. The van der Waals surface area contributed by atoms with Crippen LogP contribution in [0.5, 0.6) is 0 Å². The van der Waals surface area contributed by atoms with Gasteiger partial charge in [-0.15, -0.1) is 10.2 Å². The molecule has 0 saturated carbocycles. The molecule has 27 heavy (non-hydrogen) atoms. The summed E-state index contributed by atoms with van der Waals surface area (Å²) in [4.78, 5) is 2.30. The highest BCUT2D eigenvalue weighted by molar-refractivity contribution is 7.98. The average molecular weight is 386 g/mol. The predicted molar refractivity (Wildman–Crippen MR) is 104 cm³/mol. The number of hydrogen-bond donors (Lipinski definition) is 0. The van der Waals surface area contributed by atoms with Crippen LogP contribution in [0.3, 0.4) is 0 Å². The SMILES string of the molecule is CC1CCCN(c2nnc(SCc3ccccc3F)n2Cc2ccco2)C1. The lowest BCUT2D eigenvalue weighted by Crippen LogP contribution is -2.36. The van der Waals surface area contributed by atoms with Crippen molar-refractivity contribution in [2.75, 3.05) is 18.0 Å². The zero-order valence-corrected chi connectivity index (χ0v) is 16.2. The van der Waals surface area contributed by atoms with E-state index in [1.54, 1.807) is 12.3 Å². The summed E-state index contributed by atoms with van der Waals surface area (Å²) in [5.74, 6) is 2.69. The summed E-state index contributed by atoms with van der Waals surface area (Å²) in [7, 11) is 0. The van der Waals surface area contributed by atoms with E-state index in [2.05, 4.69) is 26.6 Å². The minimum atomic E-state index is -0.188. The maximum atomic E-state index is 14.0. The van der Waals surface area contributed by atoms with Crippen molar-refractivity contribution in [3.8, 4) is 0 Å². The Morgan fingerprint density at radius 2 is 2.11 bits per heavy atom. The Hall–Kier alpha value is -2.28. The second-order valence-electron chi connectivity index (χ2n) is 7.02. The van der Waals surface area contributed by atoms with Gasteiger partial charge in [0.05, 0.1) is 12.8 Å². The molecule has 0 N–H and O–H groups in total. The van der Waals surface area contributed by atoms with Crippen LogP contribution in [0.4, 0.5) is 10.3 Å². The van der Waals surface area contributed by atoms with Crippen molar-refractivity contribution in [3.05, 3.63) is 59.8 Å². The van der Waals surface area contributed by atoms with Gasteiger partial charge in [-0.2, -0.15) is 0 Å². The molecule has 1 aliphatic rings. The molecule has 5 nitrogen and oxygen atoms in total. The standard InChI is InChI=1S/C20H23FN4OS/c1-15-6-4-10-24(12-15)19-22-23-20(25(19)13-17-8-5-11-26-17)27-14-16-7-2-3-9-18(16)21/h2-3,5,7-9,11,15H,4,6,10,12-14H2,1H3. The summed E-state index contributed by atoms with van der Waals surface area (Å²) >= 11 is 1.50. The van der Waals surface area contributed by atoms with Crippen LogP contribution in [0.25, 0.3) is 0 Å². The Labute approximate surface area is 162 Å². The van der Waals surface area contributed by atoms with Crippen LogP contribution in [0.15, 0.2) is 52.2 Å². The van der Waals surface area contributed by atoms with Gasteiger partial charge in [0.1, 0.15) is 11.6 Å². The van der Waals surface area contributed by atoms with Crippen LogP contribution in [0.2, 0.25) is 0 Å². The van der Waals surface area contributed by atoms with Gasteiger partial charge >= 0.3 is 0 Å². The number of halogens is 1. The smallest absolute Gasteiger partial charge is 0.228 e. The molecule has 7 heteroatoms. The number of rotatable bonds is 6. The van der Waals surface area contributed by atoms with Gasteiger partial charge in [-0.3, -0.25) is 4.57 Å². The van der Waals surface area contributed by atoms with Crippen molar-refractivity contribution in [1.29, 1.82) is 0 Å². The number of benzene rings is 1. The molecule has 1 fully saturated rings. The summed E-state index contributed by atoms with van der Waals surface area (Å²) in [5.41, 5.74) is 0.670. The molecule has 3 aromatic rings. The molecule has 0 bridgehead atoms. The van der Waals surface area contributed by atoms with Crippen molar-refractivity contribution < 1.29 is 8.81 Å². The van der Waals surface area contributed by atoms with Crippen LogP contribution >= 0.6 is 11.8 Å². The molecule has 3 heterocycles. The molecule has 1 aliphatic heterocycles. The Bertz CT molecular complexity index is 880. The van der Waals surface area contributed by atoms with E-state index in [1.165, 1.54) is 24.2 Å². The van der Waals surface area contributed by atoms with E-state index in [0.717, 1.165) is 36.4 Å². The van der Waals surface area contributed by atoms with Gasteiger partial charge in [-0.25, -0.2) is 4.39 Å². The minimum absolute atomic E-state index is 0.188. The second-order valence-corrected chi connectivity index (χ2v) is 7.96. The summed E-state index contributed by atoms with van der Waals surface area (Å²) < 4.78 is 21.6. The van der Waals surface area contributed by atoms with Gasteiger partial charge in [-0.1, -0.05) is 36.9 Å².